The molecule has 0 aromatic heterocycles. The lowest BCUT2D eigenvalue weighted by molar-refractivity contribution is 0.414. The second-order valence-corrected chi connectivity index (χ2v) is 7.10. The number of hydrogen-bond donors (Lipinski definition) is 0. The van der Waals surface area contributed by atoms with Gasteiger partial charge in [-0.05, 0) is 66.6 Å². The number of aryl methyl sites for hydroxylation is 1. The van der Waals surface area contributed by atoms with E-state index in [1.807, 2.05) is 24.3 Å². The van der Waals surface area contributed by atoms with Gasteiger partial charge in [-0.25, -0.2) is 0 Å². The molecule has 1 unspecified atom stereocenters. The zero-order chi connectivity index (χ0) is 19.5. The summed E-state index contributed by atoms with van der Waals surface area (Å²) in [7, 11) is 3.40. The maximum Gasteiger partial charge on any atom is 0.119 e. The van der Waals surface area contributed by atoms with Crippen molar-refractivity contribution in [3.63, 3.8) is 0 Å². The molecule has 28 heavy (non-hydrogen) atoms. The Morgan fingerprint density at radius 1 is 0.750 bits per heavy atom. The molecule has 1 atom stereocenters. The molecular weight excluding hydrogens is 348 g/mol. The quantitative estimate of drug-likeness (QED) is 0.625. The molecular formula is C24H26N2O2. The first-order valence-corrected chi connectivity index (χ1v) is 9.55. The van der Waals surface area contributed by atoms with E-state index in [0.29, 0.717) is 0 Å². The third kappa shape index (κ3) is 3.50. The number of nitrogens with zero attached hydrogens (tertiary/aromatic N) is 2. The van der Waals surface area contributed by atoms with Crippen molar-refractivity contribution in [3.8, 4) is 11.5 Å². The Bertz CT molecular complexity index is 922. The molecule has 144 valence electrons. The summed E-state index contributed by atoms with van der Waals surface area (Å²) in [6.45, 7) is 3.96. The summed E-state index contributed by atoms with van der Waals surface area (Å²) in [5.74, 6) is 1.76. The largest absolute Gasteiger partial charge is 0.497 e. The van der Waals surface area contributed by atoms with Crippen molar-refractivity contribution in [3.05, 3.63) is 83.9 Å². The molecule has 0 spiro atoms. The van der Waals surface area contributed by atoms with E-state index in [2.05, 4.69) is 65.3 Å². The van der Waals surface area contributed by atoms with Crippen molar-refractivity contribution in [1.29, 1.82) is 0 Å². The monoisotopic (exact) mass is 374 g/mol. The Kier molecular flexibility index (Phi) is 5.11. The SMILES string of the molecule is COc1ccc(N2CC(c3ccccc3C)N(c3ccc(OC)cc3)C2)cc1. The summed E-state index contributed by atoms with van der Waals surface area (Å²) in [5, 5.41) is 0. The fourth-order valence-corrected chi connectivity index (χ4v) is 3.89. The van der Waals surface area contributed by atoms with Crippen LogP contribution in [0.4, 0.5) is 11.4 Å². The second kappa shape index (κ2) is 7.85. The molecule has 0 amide bonds. The van der Waals surface area contributed by atoms with Gasteiger partial charge in [0.1, 0.15) is 11.5 Å². The lowest BCUT2D eigenvalue weighted by atomic mass is 10.0. The summed E-state index contributed by atoms with van der Waals surface area (Å²) in [6.07, 6.45) is 0. The van der Waals surface area contributed by atoms with Crippen LogP contribution in [0.5, 0.6) is 11.5 Å². The Morgan fingerprint density at radius 2 is 1.32 bits per heavy atom. The second-order valence-electron chi connectivity index (χ2n) is 7.10. The van der Waals surface area contributed by atoms with Gasteiger partial charge in [0.05, 0.1) is 26.9 Å². The fraction of sp³-hybridized carbons (Fsp3) is 0.250. The summed E-state index contributed by atoms with van der Waals surface area (Å²) in [5.41, 5.74) is 5.09. The molecule has 4 nitrogen and oxygen atoms in total. The minimum atomic E-state index is 0.289. The molecule has 1 aliphatic rings. The van der Waals surface area contributed by atoms with Gasteiger partial charge in [-0.2, -0.15) is 0 Å². The van der Waals surface area contributed by atoms with Crippen LogP contribution in [0.25, 0.3) is 0 Å². The van der Waals surface area contributed by atoms with Crippen molar-refractivity contribution in [2.45, 2.75) is 13.0 Å². The molecule has 0 bridgehead atoms. The third-order valence-electron chi connectivity index (χ3n) is 5.48. The Morgan fingerprint density at radius 3 is 1.89 bits per heavy atom. The van der Waals surface area contributed by atoms with Gasteiger partial charge < -0.3 is 19.3 Å². The number of ether oxygens (including phenoxy) is 2. The maximum absolute atomic E-state index is 5.33. The van der Waals surface area contributed by atoms with E-state index in [1.54, 1.807) is 14.2 Å². The van der Waals surface area contributed by atoms with E-state index in [0.717, 1.165) is 24.7 Å². The average Bonchev–Trinajstić information content (AvgIpc) is 3.19. The molecule has 0 radical (unpaired) electrons. The van der Waals surface area contributed by atoms with E-state index in [9.17, 15) is 0 Å². The topological polar surface area (TPSA) is 24.9 Å². The highest BCUT2D eigenvalue weighted by molar-refractivity contribution is 5.59. The molecule has 4 rings (SSSR count). The van der Waals surface area contributed by atoms with Gasteiger partial charge in [-0.15, -0.1) is 0 Å². The Balaban J connectivity index is 1.68. The van der Waals surface area contributed by atoms with E-state index in [1.165, 1.54) is 22.5 Å². The minimum absolute atomic E-state index is 0.289. The predicted octanol–water partition coefficient (Wildman–Crippen LogP) is 5.04. The highest BCUT2D eigenvalue weighted by Gasteiger charge is 2.32. The van der Waals surface area contributed by atoms with Crippen LogP contribution < -0.4 is 19.3 Å². The smallest absolute Gasteiger partial charge is 0.119 e. The zero-order valence-corrected chi connectivity index (χ0v) is 16.6. The predicted molar refractivity (Wildman–Crippen MR) is 115 cm³/mol. The summed E-state index contributed by atoms with van der Waals surface area (Å²) in [6, 6.07) is 25.6. The van der Waals surface area contributed by atoms with E-state index in [-0.39, 0.29) is 6.04 Å². The molecule has 1 saturated heterocycles. The number of benzene rings is 3. The van der Waals surface area contributed by atoms with Gasteiger partial charge in [0, 0.05) is 17.9 Å². The number of hydrogen-bond acceptors (Lipinski definition) is 4. The lowest BCUT2D eigenvalue weighted by Gasteiger charge is -2.27. The molecule has 1 fully saturated rings. The molecule has 4 heteroatoms. The number of rotatable bonds is 5. The highest BCUT2D eigenvalue weighted by Crippen LogP contribution is 2.37. The highest BCUT2D eigenvalue weighted by atomic mass is 16.5. The Labute approximate surface area is 166 Å². The molecule has 1 aliphatic heterocycles. The Hall–Kier alpha value is -3.14. The van der Waals surface area contributed by atoms with Gasteiger partial charge in [0.15, 0.2) is 0 Å². The summed E-state index contributed by atoms with van der Waals surface area (Å²) in [4.78, 5) is 4.88. The van der Waals surface area contributed by atoms with Crippen LogP contribution in [0.15, 0.2) is 72.8 Å². The van der Waals surface area contributed by atoms with Gasteiger partial charge in [0.25, 0.3) is 0 Å². The van der Waals surface area contributed by atoms with Gasteiger partial charge in [-0.1, -0.05) is 24.3 Å². The third-order valence-corrected chi connectivity index (χ3v) is 5.48. The average molecular weight is 374 g/mol. The molecule has 0 N–H and O–H groups in total. The summed E-state index contributed by atoms with van der Waals surface area (Å²) >= 11 is 0. The van der Waals surface area contributed by atoms with E-state index < -0.39 is 0 Å². The van der Waals surface area contributed by atoms with E-state index in [4.69, 9.17) is 9.47 Å². The standard InChI is InChI=1S/C24H26N2O2/c1-18-6-4-5-7-23(18)24-16-25(19-8-12-21(27-2)13-9-19)17-26(24)20-10-14-22(28-3)15-11-20/h4-15,24H,16-17H2,1-3H3. The van der Waals surface area contributed by atoms with Gasteiger partial charge in [0.2, 0.25) is 0 Å². The lowest BCUT2D eigenvalue weighted by Crippen LogP contribution is -2.26. The van der Waals surface area contributed by atoms with Crippen LogP contribution in [0, 0.1) is 6.92 Å². The fourth-order valence-electron chi connectivity index (χ4n) is 3.89. The van der Waals surface area contributed by atoms with Crippen molar-refractivity contribution >= 4 is 11.4 Å². The zero-order valence-electron chi connectivity index (χ0n) is 16.6. The normalized spacial score (nSPS) is 16.3. The molecule has 3 aromatic carbocycles. The van der Waals surface area contributed by atoms with Crippen molar-refractivity contribution < 1.29 is 9.47 Å². The van der Waals surface area contributed by atoms with E-state index >= 15 is 0 Å². The molecule has 3 aromatic rings. The number of anilines is 2. The first-order valence-electron chi connectivity index (χ1n) is 9.55. The van der Waals surface area contributed by atoms with Crippen LogP contribution in [0.3, 0.4) is 0 Å². The van der Waals surface area contributed by atoms with Crippen molar-refractivity contribution in [1.82, 2.24) is 0 Å². The first-order chi connectivity index (χ1) is 13.7. The number of methoxy groups -OCH3 is 2. The maximum atomic E-state index is 5.33. The van der Waals surface area contributed by atoms with Gasteiger partial charge in [-0.3, -0.25) is 0 Å². The van der Waals surface area contributed by atoms with Gasteiger partial charge >= 0.3 is 0 Å². The van der Waals surface area contributed by atoms with Crippen LogP contribution in [0.2, 0.25) is 0 Å². The minimum Gasteiger partial charge on any atom is -0.497 e. The van der Waals surface area contributed by atoms with Crippen LogP contribution >= 0.6 is 0 Å². The summed E-state index contributed by atoms with van der Waals surface area (Å²) < 4.78 is 10.6. The van der Waals surface area contributed by atoms with Crippen molar-refractivity contribution in [2.75, 3.05) is 37.2 Å². The van der Waals surface area contributed by atoms with Crippen LogP contribution in [0.1, 0.15) is 17.2 Å². The van der Waals surface area contributed by atoms with Crippen LogP contribution in [-0.4, -0.2) is 27.4 Å². The molecule has 0 aliphatic carbocycles. The van der Waals surface area contributed by atoms with Crippen LogP contribution in [-0.2, 0) is 0 Å². The molecule has 0 saturated carbocycles. The van der Waals surface area contributed by atoms with Crippen molar-refractivity contribution in [2.24, 2.45) is 0 Å². The first kappa shape index (κ1) is 18.2. The molecule has 1 heterocycles.